The van der Waals surface area contributed by atoms with E-state index >= 15 is 0 Å². The summed E-state index contributed by atoms with van der Waals surface area (Å²) in [4.78, 5) is 17.4. The van der Waals surface area contributed by atoms with E-state index in [0.717, 1.165) is 18.8 Å². The van der Waals surface area contributed by atoms with Gasteiger partial charge in [0.15, 0.2) is 5.75 Å². The highest BCUT2D eigenvalue weighted by atomic mass is 16.8. The third-order valence-electron chi connectivity index (χ3n) is 6.13. The van der Waals surface area contributed by atoms with Crippen molar-refractivity contribution in [3.63, 3.8) is 0 Å². The lowest BCUT2D eigenvalue weighted by molar-refractivity contribution is -1.03. The molecule has 11 heteroatoms. The molecule has 0 bridgehead atoms. The molecule has 1 atom stereocenters. The Hall–Kier alpha value is -3.73. The first-order valence-corrected chi connectivity index (χ1v) is 11.6. The number of rotatable bonds is 6. The molecular formula is C24H33N6O5+. The number of phenols is 1. The zero-order valence-electron chi connectivity index (χ0n) is 20.7. The van der Waals surface area contributed by atoms with Crippen molar-refractivity contribution in [3.05, 3.63) is 47.4 Å². The van der Waals surface area contributed by atoms with Gasteiger partial charge >= 0.3 is 11.6 Å². The number of nitrogens with zero attached hydrogens (tertiary/aromatic N) is 4. The Morgan fingerprint density at radius 3 is 2.51 bits per heavy atom. The third kappa shape index (κ3) is 5.19. The van der Waals surface area contributed by atoms with Crippen LogP contribution in [0.3, 0.4) is 0 Å². The largest absolute Gasteiger partial charge is 0.505 e. The first kappa shape index (κ1) is 24.4. The summed E-state index contributed by atoms with van der Waals surface area (Å²) >= 11 is 0. The van der Waals surface area contributed by atoms with E-state index in [-0.39, 0.29) is 46.0 Å². The number of hydrogen-bond donors (Lipinski definition) is 4. The van der Waals surface area contributed by atoms with E-state index in [1.807, 2.05) is 46.9 Å². The number of nitrogens with one attached hydrogen (secondary N) is 2. The van der Waals surface area contributed by atoms with Crippen molar-refractivity contribution < 1.29 is 29.1 Å². The van der Waals surface area contributed by atoms with Crippen LogP contribution in [0.25, 0.3) is 0 Å². The zero-order valence-corrected chi connectivity index (χ0v) is 20.7. The van der Waals surface area contributed by atoms with Gasteiger partial charge in [-0.25, -0.2) is 0 Å². The van der Waals surface area contributed by atoms with Crippen LogP contribution in [0.15, 0.2) is 39.4 Å². The molecule has 1 saturated heterocycles. The molecule has 1 aliphatic rings. The SMILES string of the molecule is Cc1ccc([C@H](Nc2c(Nc3cccc(C(=O)N4CCN(C)CC4)c3O)no[n+]2O)C(C)(C)C)o1. The number of carbonyl (C=O) groups excluding carboxylic acids is 1. The summed E-state index contributed by atoms with van der Waals surface area (Å²) in [6.45, 7) is 10.7. The number of carbonyl (C=O) groups is 1. The molecule has 35 heavy (non-hydrogen) atoms. The van der Waals surface area contributed by atoms with Crippen LogP contribution in [0.5, 0.6) is 5.75 Å². The Balaban J connectivity index is 1.59. The second-order valence-electron chi connectivity index (χ2n) is 9.96. The lowest BCUT2D eigenvalue weighted by Gasteiger charge is -2.32. The minimum atomic E-state index is -0.340. The van der Waals surface area contributed by atoms with Crippen LogP contribution < -0.4 is 15.5 Å². The van der Waals surface area contributed by atoms with E-state index < -0.39 is 0 Å². The molecule has 0 saturated carbocycles. The quantitative estimate of drug-likeness (QED) is 0.307. The molecule has 3 heterocycles. The van der Waals surface area contributed by atoms with Crippen molar-refractivity contribution in [1.82, 2.24) is 15.0 Å². The Morgan fingerprint density at radius 1 is 1.17 bits per heavy atom. The van der Waals surface area contributed by atoms with E-state index in [1.165, 1.54) is 0 Å². The number of benzene rings is 1. The smallest absolute Gasteiger partial charge is 0.367 e. The molecule has 11 nitrogen and oxygen atoms in total. The summed E-state index contributed by atoms with van der Waals surface area (Å²) in [5.41, 5.74) is 0.138. The molecule has 4 N–H and O–H groups in total. The van der Waals surface area contributed by atoms with Gasteiger partial charge in [0.1, 0.15) is 27.6 Å². The van der Waals surface area contributed by atoms with Crippen LogP contribution in [-0.2, 0) is 0 Å². The number of phenolic OH excluding ortho intramolecular Hbond substituents is 1. The highest BCUT2D eigenvalue weighted by Gasteiger charge is 2.37. The average Bonchev–Trinajstić information content (AvgIpc) is 3.38. The van der Waals surface area contributed by atoms with Gasteiger partial charge in [0.05, 0.1) is 11.3 Å². The maximum atomic E-state index is 13.0. The Labute approximate surface area is 203 Å². The fourth-order valence-corrected chi connectivity index (χ4v) is 4.04. The van der Waals surface area contributed by atoms with Crippen LogP contribution in [-0.4, -0.2) is 64.4 Å². The molecule has 4 rings (SSSR count). The number of likely N-dealkylation sites (N-methyl/N-ethyl adjacent to an activating group) is 1. The van der Waals surface area contributed by atoms with Crippen LogP contribution in [0.4, 0.5) is 17.3 Å². The molecule has 188 valence electrons. The van der Waals surface area contributed by atoms with Crippen molar-refractivity contribution in [2.75, 3.05) is 43.9 Å². The molecule has 2 aromatic heterocycles. The van der Waals surface area contributed by atoms with Crippen molar-refractivity contribution in [1.29, 1.82) is 0 Å². The van der Waals surface area contributed by atoms with Gasteiger partial charge in [0.2, 0.25) is 0 Å². The summed E-state index contributed by atoms with van der Waals surface area (Å²) in [7, 11) is 2.01. The summed E-state index contributed by atoms with van der Waals surface area (Å²) in [5.74, 6) is 1.27. The number of piperazine rings is 1. The monoisotopic (exact) mass is 485 g/mol. The third-order valence-corrected chi connectivity index (χ3v) is 6.13. The Bertz CT molecular complexity index is 1190. The number of anilines is 3. The second-order valence-corrected chi connectivity index (χ2v) is 9.96. The Morgan fingerprint density at radius 2 is 1.89 bits per heavy atom. The Kier molecular flexibility index (Phi) is 6.62. The van der Waals surface area contributed by atoms with Gasteiger partial charge in [0, 0.05) is 31.6 Å². The number of hydrogen-bond acceptors (Lipinski definition) is 9. The van der Waals surface area contributed by atoms with Crippen molar-refractivity contribution >= 4 is 23.2 Å². The summed E-state index contributed by atoms with van der Waals surface area (Å²) in [6.07, 6.45) is 0. The second kappa shape index (κ2) is 9.49. The normalized spacial score (nSPS) is 15.7. The van der Waals surface area contributed by atoms with Crippen LogP contribution in [0, 0.1) is 12.3 Å². The highest BCUT2D eigenvalue weighted by Crippen LogP contribution is 2.38. The van der Waals surface area contributed by atoms with Gasteiger partial charge in [-0.2, -0.15) is 0 Å². The fourth-order valence-electron chi connectivity index (χ4n) is 4.04. The average molecular weight is 486 g/mol. The first-order valence-electron chi connectivity index (χ1n) is 11.6. The van der Waals surface area contributed by atoms with Gasteiger partial charge < -0.3 is 29.8 Å². The lowest BCUT2D eigenvalue weighted by Crippen LogP contribution is -2.47. The van der Waals surface area contributed by atoms with Crippen molar-refractivity contribution in [2.45, 2.75) is 33.7 Å². The van der Waals surface area contributed by atoms with Crippen LogP contribution in [0.2, 0.25) is 0 Å². The predicted molar refractivity (Wildman–Crippen MR) is 128 cm³/mol. The molecule has 0 spiro atoms. The molecule has 1 aromatic carbocycles. The van der Waals surface area contributed by atoms with Gasteiger partial charge in [-0.15, -0.1) is 0 Å². The molecule has 0 aliphatic carbocycles. The molecule has 1 amide bonds. The highest BCUT2D eigenvalue weighted by molar-refractivity contribution is 5.99. The number of furan rings is 1. The molecule has 1 fully saturated rings. The molecule has 0 unspecified atom stereocenters. The number of para-hydroxylation sites is 1. The minimum absolute atomic E-state index is 0.129. The number of aryl methyl sites for hydroxylation is 1. The van der Waals surface area contributed by atoms with E-state index in [0.29, 0.717) is 23.8 Å². The molecule has 0 radical (unpaired) electrons. The van der Waals surface area contributed by atoms with E-state index in [4.69, 9.17) is 9.05 Å². The molecular weight excluding hydrogens is 452 g/mol. The van der Waals surface area contributed by atoms with Crippen LogP contribution >= 0.6 is 0 Å². The molecule has 3 aromatic rings. The van der Waals surface area contributed by atoms with E-state index in [2.05, 4.69) is 20.7 Å². The summed E-state index contributed by atoms with van der Waals surface area (Å²) < 4.78 is 10.8. The number of aromatic hydroxyl groups is 1. The minimum Gasteiger partial charge on any atom is -0.505 e. The first-order chi connectivity index (χ1) is 16.5. The number of aromatic nitrogens is 2. The van der Waals surface area contributed by atoms with Gasteiger partial charge in [0.25, 0.3) is 5.91 Å². The summed E-state index contributed by atoms with van der Waals surface area (Å²) in [6, 6.07) is 8.29. The topological polar surface area (TPSA) is 131 Å². The van der Waals surface area contributed by atoms with E-state index in [1.54, 1.807) is 23.1 Å². The fraction of sp³-hybridized carbons (Fsp3) is 0.458. The predicted octanol–water partition coefficient (Wildman–Crippen LogP) is 3.14. The zero-order chi connectivity index (χ0) is 25.3. The van der Waals surface area contributed by atoms with Crippen LogP contribution in [0.1, 0.15) is 48.7 Å². The van der Waals surface area contributed by atoms with Crippen molar-refractivity contribution in [3.8, 4) is 5.75 Å². The van der Waals surface area contributed by atoms with Gasteiger partial charge in [-0.3, -0.25) is 10.1 Å². The van der Waals surface area contributed by atoms with Crippen molar-refractivity contribution in [2.24, 2.45) is 5.41 Å². The van der Waals surface area contributed by atoms with Gasteiger partial charge in [-0.1, -0.05) is 31.5 Å². The maximum Gasteiger partial charge on any atom is 0.367 e. The van der Waals surface area contributed by atoms with E-state index in [9.17, 15) is 15.1 Å². The number of amides is 1. The summed E-state index contributed by atoms with van der Waals surface area (Å²) in [5, 5.41) is 31.3. The standard InChI is InChI=1S/C24H32N6O5/c1-15-9-10-18(34-15)20(24(2,3)4)26-22-21(27-35-30(22)33)25-17-8-6-7-16(19(17)31)23(32)29-13-11-28(5)12-14-29/h6-10,20,33H,11-14H2,1-5H3,(H2,25,26,27,31,32)/p+1/t20-/m0/s1. The van der Waals surface area contributed by atoms with Gasteiger partial charge in [-0.05, 0) is 38.2 Å². The molecule has 1 aliphatic heterocycles. The lowest BCUT2D eigenvalue weighted by atomic mass is 9.85. The maximum absolute atomic E-state index is 13.0.